The van der Waals surface area contributed by atoms with Gasteiger partial charge in [-0.3, -0.25) is 0 Å². The number of thiol groups is 2. The van der Waals surface area contributed by atoms with Gasteiger partial charge in [0.1, 0.15) is 0 Å². The van der Waals surface area contributed by atoms with Gasteiger partial charge in [0, 0.05) is 0 Å². The second-order valence-electron chi connectivity index (χ2n) is 2.10. The first-order valence-electron chi connectivity index (χ1n) is 2.90. The lowest BCUT2D eigenvalue weighted by Gasteiger charge is -2.10. The molecule has 46 valence electrons. The molecule has 0 saturated heterocycles. The summed E-state index contributed by atoms with van der Waals surface area (Å²) in [6.45, 7) is 0. The highest BCUT2D eigenvalue weighted by Gasteiger charge is 2.04. The van der Waals surface area contributed by atoms with Crippen molar-refractivity contribution in [1.29, 1.82) is 0 Å². The smallest absolute Gasteiger partial charge is 0.00917 e. The minimum atomic E-state index is 1.14. The summed E-state index contributed by atoms with van der Waals surface area (Å²) < 4.78 is 0. The van der Waals surface area contributed by atoms with E-state index in [1.165, 1.54) is 22.7 Å². The van der Waals surface area contributed by atoms with Crippen molar-refractivity contribution in [2.75, 3.05) is 0 Å². The summed E-state index contributed by atoms with van der Waals surface area (Å²) >= 11 is 8.52. The summed E-state index contributed by atoms with van der Waals surface area (Å²) in [5, 5.41) is 0. The van der Waals surface area contributed by atoms with Gasteiger partial charge < -0.3 is 0 Å². The second kappa shape index (κ2) is 2.83. The number of allylic oxidation sites excluding steroid dienone is 2. The van der Waals surface area contributed by atoms with Gasteiger partial charge >= 0.3 is 0 Å². The Balaban J connectivity index is 2.60. The molecular weight excluding hydrogens is 136 g/mol. The molecule has 0 aromatic carbocycles. The molecule has 0 heterocycles. The van der Waals surface area contributed by atoms with Crippen molar-refractivity contribution in [2.24, 2.45) is 0 Å². The van der Waals surface area contributed by atoms with Gasteiger partial charge in [-0.25, -0.2) is 0 Å². The third kappa shape index (κ3) is 1.46. The Morgan fingerprint density at radius 2 is 1.25 bits per heavy atom. The average molecular weight is 146 g/mol. The fraction of sp³-hybridized carbons (Fsp3) is 0.667. The van der Waals surface area contributed by atoms with Crippen molar-refractivity contribution in [3.8, 4) is 0 Å². The SMILES string of the molecule is SC1=C(S)CCCC1. The van der Waals surface area contributed by atoms with Crippen LogP contribution in [-0.2, 0) is 0 Å². The lowest BCUT2D eigenvalue weighted by atomic mass is 10.1. The first kappa shape index (κ1) is 6.56. The molecule has 0 aromatic rings. The maximum absolute atomic E-state index is 4.26. The van der Waals surface area contributed by atoms with Crippen molar-refractivity contribution in [3.05, 3.63) is 9.81 Å². The van der Waals surface area contributed by atoms with E-state index in [-0.39, 0.29) is 0 Å². The van der Waals surface area contributed by atoms with Gasteiger partial charge in [0.25, 0.3) is 0 Å². The quantitative estimate of drug-likeness (QED) is 0.482. The fourth-order valence-corrected chi connectivity index (χ4v) is 1.41. The van der Waals surface area contributed by atoms with Gasteiger partial charge in [0.15, 0.2) is 0 Å². The van der Waals surface area contributed by atoms with E-state index in [1.54, 1.807) is 0 Å². The van der Waals surface area contributed by atoms with Crippen molar-refractivity contribution in [2.45, 2.75) is 25.7 Å². The Morgan fingerprint density at radius 3 is 1.50 bits per heavy atom. The van der Waals surface area contributed by atoms with Gasteiger partial charge in [0.05, 0.1) is 0 Å². The highest BCUT2D eigenvalue weighted by molar-refractivity contribution is 7.88. The third-order valence-electron chi connectivity index (χ3n) is 1.41. The molecule has 0 N–H and O–H groups in total. The molecule has 8 heavy (non-hydrogen) atoms. The largest absolute Gasteiger partial charge is 0.147 e. The first-order chi connectivity index (χ1) is 3.80. The standard InChI is InChI=1S/C6H10S2/c7-5-3-1-2-4-6(5)8/h7-8H,1-4H2. The molecule has 0 nitrogen and oxygen atoms in total. The third-order valence-corrected chi connectivity index (χ3v) is 2.57. The second-order valence-corrected chi connectivity index (χ2v) is 3.18. The van der Waals surface area contributed by atoms with Crippen LogP contribution in [0.5, 0.6) is 0 Å². The number of hydrogen-bond acceptors (Lipinski definition) is 2. The van der Waals surface area contributed by atoms with Crippen LogP contribution in [0.4, 0.5) is 0 Å². The molecule has 0 bridgehead atoms. The number of hydrogen-bond donors (Lipinski definition) is 2. The van der Waals surface area contributed by atoms with E-state index >= 15 is 0 Å². The molecule has 0 atom stereocenters. The average Bonchev–Trinajstić information content (AvgIpc) is 1.77. The van der Waals surface area contributed by atoms with Crippen molar-refractivity contribution in [1.82, 2.24) is 0 Å². The lowest BCUT2D eigenvalue weighted by molar-refractivity contribution is 0.718. The number of rotatable bonds is 0. The van der Waals surface area contributed by atoms with Gasteiger partial charge in [-0.2, -0.15) is 0 Å². The maximum Gasteiger partial charge on any atom is -0.00917 e. The van der Waals surface area contributed by atoms with Crippen LogP contribution in [0.15, 0.2) is 9.81 Å². The zero-order valence-electron chi connectivity index (χ0n) is 4.72. The molecule has 0 amide bonds. The summed E-state index contributed by atoms with van der Waals surface area (Å²) in [4.78, 5) is 2.39. The fourth-order valence-electron chi connectivity index (χ4n) is 0.873. The molecule has 0 aliphatic heterocycles. The van der Waals surface area contributed by atoms with E-state index < -0.39 is 0 Å². The molecule has 0 radical (unpaired) electrons. The van der Waals surface area contributed by atoms with E-state index in [4.69, 9.17) is 0 Å². The van der Waals surface area contributed by atoms with Gasteiger partial charge in [0.2, 0.25) is 0 Å². The molecule has 0 aromatic heterocycles. The molecule has 2 heteroatoms. The van der Waals surface area contributed by atoms with Crippen molar-refractivity contribution < 1.29 is 0 Å². The monoisotopic (exact) mass is 146 g/mol. The first-order valence-corrected chi connectivity index (χ1v) is 3.80. The summed E-state index contributed by atoms with van der Waals surface area (Å²) in [7, 11) is 0. The molecule has 0 fully saturated rings. The highest BCUT2D eigenvalue weighted by atomic mass is 32.1. The Hall–Kier alpha value is 0.440. The Morgan fingerprint density at radius 1 is 0.875 bits per heavy atom. The Labute approximate surface area is 61.2 Å². The summed E-state index contributed by atoms with van der Waals surface area (Å²) in [6, 6.07) is 0. The van der Waals surface area contributed by atoms with Crippen LogP contribution in [0.2, 0.25) is 0 Å². The van der Waals surface area contributed by atoms with Gasteiger partial charge in [-0.05, 0) is 35.5 Å². The van der Waals surface area contributed by atoms with E-state index in [0.717, 1.165) is 12.8 Å². The Kier molecular flexibility index (Phi) is 2.32. The molecule has 0 spiro atoms. The zero-order valence-corrected chi connectivity index (χ0v) is 6.51. The highest BCUT2D eigenvalue weighted by Crippen LogP contribution is 2.28. The predicted molar refractivity (Wildman–Crippen MR) is 43.5 cm³/mol. The van der Waals surface area contributed by atoms with Crippen LogP contribution in [0.25, 0.3) is 0 Å². The van der Waals surface area contributed by atoms with Crippen LogP contribution in [0.3, 0.4) is 0 Å². The van der Waals surface area contributed by atoms with Crippen LogP contribution in [0.1, 0.15) is 25.7 Å². The molecule has 1 rings (SSSR count). The molecular formula is C6H10S2. The molecule has 1 aliphatic rings. The van der Waals surface area contributed by atoms with E-state index in [2.05, 4.69) is 25.3 Å². The van der Waals surface area contributed by atoms with E-state index in [9.17, 15) is 0 Å². The zero-order chi connectivity index (χ0) is 5.98. The normalized spacial score (nSPS) is 21.8. The Bertz CT molecular complexity index is 102. The molecule has 0 unspecified atom stereocenters. The van der Waals surface area contributed by atoms with Crippen LogP contribution >= 0.6 is 25.3 Å². The predicted octanol–water partition coefficient (Wildman–Crippen LogP) is 2.63. The minimum Gasteiger partial charge on any atom is -0.147 e. The van der Waals surface area contributed by atoms with Crippen molar-refractivity contribution >= 4 is 25.3 Å². The van der Waals surface area contributed by atoms with Crippen LogP contribution < -0.4 is 0 Å². The summed E-state index contributed by atoms with van der Waals surface area (Å²) in [5.41, 5.74) is 0. The summed E-state index contributed by atoms with van der Waals surface area (Å²) in [5.74, 6) is 0. The summed E-state index contributed by atoms with van der Waals surface area (Å²) in [6.07, 6.45) is 4.87. The maximum atomic E-state index is 4.26. The van der Waals surface area contributed by atoms with Crippen LogP contribution in [-0.4, -0.2) is 0 Å². The topological polar surface area (TPSA) is 0 Å². The van der Waals surface area contributed by atoms with E-state index in [1.807, 2.05) is 0 Å². The van der Waals surface area contributed by atoms with Crippen molar-refractivity contribution in [3.63, 3.8) is 0 Å². The minimum absolute atomic E-state index is 1.14. The molecule has 1 aliphatic carbocycles. The van der Waals surface area contributed by atoms with Crippen LogP contribution in [0, 0.1) is 0 Å². The van der Waals surface area contributed by atoms with Gasteiger partial charge in [-0.1, -0.05) is 0 Å². The van der Waals surface area contributed by atoms with Gasteiger partial charge in [-0.15, -0.1) is 25.3 Å². The lowest BCUT2D eigenvalue weighted by Crippen LogP contribution is -1.89. The van der Waals surface area contributed by atoms with E-state index in [0.29, 0.717) is 0 Å². The molecule has 0 saturated carbocycles.